The summed E-state index contributed by atoms with van der Waals surface area (Å²) in [6.07, 6.45) is 1.91. The van der Waals surface area contributed by atoms with Crippen molar-refractivity contribution < 1.29 is 4.79 Å². The normalized spacial score (nSPS) is 15.3. The number of amides is 2. The number of carbonyl (C=O) groups excluding carboxylic acids is 1. The molecular weight excluding hydrogens is 284 g/mol. The average Bonchev–Trinajstić information content (AvgIpc) is 3.23. The van der Waals surface area contributed by atoms with E-state index in [0.717, 1.165) is 29.7 Å². The van der Waals surface area contributed by atoms with Gasteiger partial charge < -0.3 is 10.6 Å². The predicted molar refractivity (Wildman–Crippen MR) is 85.7 cm³/mol. The van der Waals surface area contributed by atoms with Crippen molar-refractivity contribution in [1.29, 1.82) is 0 Å². The van der Waals surface area contributed by atoms with Gasteiger partial charge in [-0.2, -0.15) is 0 Å². The molecule has 0 heterocycles. The Morgan fingerprint density at radius 3 is 2.38 bits per heavy atom. The van der Waals surface area contributed by atoms with Gasteiger partial charge in [0, 0.05) is 10.7 Å². The highest BCUT2D eigenvalue weighted by atomic mass is 35.5. The van der Waals surface area contributed by atoms with E-state index in [1.807, 2.05) is 55.5 Å². The first-order valence-electron chi connectivity index (χ1n) is 7.00. The van der Waals surface area contributed by atoms with Crippen LogP contribution in [-0.2, 0) is 5.54 Å². The van der Waals surface area contributed by atoms with Gasteiger partial charge in [0.05, 0.1) is 5.54 Å². The topological polar surface area (TPSA) is 41.1 Å². The Morgan fingerprint density at radius 1 is 1.10 bits per heavy atom. The van der Waals surface area contributed by atoms with Crippen LogP contribution in [-0.4, -0.2) is 6.03 Å². The predicted octanol–water partition coefficient (Wildman–Crippen LogP) is 4.46. The molecule has 3 rings (SSSR count). The largest absolute Gasteiger partial charge is 0.328 e. The average molecular weight is 301 g/mol. The van der Waals surface area contributed by atoms with Crippen molar-refractivity contribution in [3.63, 3.8) is 0 Å². The molecule has 0 spiro atoms. The van der Waals surface area contributed by atoms with Crippen molar-refractivity contribution in [1.82, 2.24) is 5.32 Å². The van der Waals surface area contributed by atoms with Gasteiger partial charge in [-0.25, -0.2) is 4.79 Å². The Kier molecular flexibility index (Phi) is 3.60. The minimum absolute atomic E-state index is 0.170. The van der Waals surface area contributed by atoms with Crippen molar-refractivity contribution in [2.24, 2.45) is 0 Å². The summed E-state index contributed by atoms with van der Waals surface area (Å²) in [5.41, 5.74) is 2.75. The summed E-state index contributed by atoms with van der Waals surface area (Å²) in [6, 6.07) is 15.2. The maximum absolute atomic E-state index is 12.2. The van der Waals surface area contributed by atoms with Gasteiger partial charge in [-0.3, -0.25) is 0 Å². The van der Waals surface area contributed by atoms with E-state index in [1.54, 1.807) is 0 Å². The standard InChI is InChI=1S/C17H17ClN2O/c1-12-4-2-3-5-15(12)19-16(21)20-17(10-11-17)13-6-8-14(18)9-7-13/h2-9H,10-11H2,1H3,(H2,19,20,21). The second-order valence-corrected chi connectivity index (χ2v) is 5.92. The van der Waals surface area contributed by atoms with Crippen LogP contribution >= 0.6 is 11.6 Å². The SMILES string of the molecule is Cc1ccccc1NC(=O)NC1(c2ccc(Cl)cc2)CC1. The van der Waals surface area contributed by atoms with Crippen molar-refractivity contribution in [3.05, 3.63) is 64.7 Å². The number of carbonyl (C=O) groups is 1. The molecule has 0 unspecified atom stereocenters. The van der Waals surface area contributed by atoms with Crippen LogP contribution in [0, 0.1) is 6.92 Å². The molecule has 0 radical (unpaired) electrons. The van der Waals surface area contributed by atoms with E-state index in [1.165, 1.54) is 0 Å². The first kappa shape index (κ1) is 14.0. The Balaban J connectivity index is 1.70. The zero-order valence-electron chi connectivity index (χ0n) is 11.8. The van der Waals surface area contributed by atoms with Gasteiger partial charge in [-0.05, 0) is 49.1 Å². The molecule has 108 valence electrons. The highest BCUT2D eigenvalue weighted by Crippen LogP contribution is 2.45. The molecule has 2 N–H and O–H groups in total. The molecule has 0 bridgehead atoms. The second kappa shape index (κ2) is 5.41. The van der Waals surface area contributed by atoms with Crippen molar-refractivity contribution in [2.75, 3.05) is 5.32 Å². The first-order chi connectivity index (χ1) is 10.1. The first-order valence-corrected chi connectivity index (χ1v) is 7.38. The maximum atomic E-state index is 12.2. The van der Waals surface area contributed by atoms with E-state index < -0.39 is 0 Å². The minimum atomic E-state index is -0.239. The van der Waals surface area contributed by atoms with E-state index in [9.17, 15) is 4.79 Å². The Morgan fingerprint density at radius 2 is 1.76 bits per heavy atom. The van der Waals surface area contributed by atoms with Gasteiger partial charge in [0.15, 0.2) is 0 Å². The second-order valence-electron chi connectivity index (χ2n) is 5.48. The number of benzene rings is 2. The number of halogens is 1. The minimum Gasteiger partial charge on any atom is -0.328 e. The zero-order chi connectivity index (χ0) is 14.9. The fourth-order valence-corrected chi connectivity index (χ4v) is 2.59. The number of rotatable bonds is 3. The van der Waals surface area contributed by atoms with Gasteiger partial charge in [0.25, 0.3) is 0 Å². The molecule has 0 aromatic heterocycles. The van der Waals surface area contributed by atoms with Crippen LogP contribution in [0.5, 0.6) is 0 Å². The van der Waals surface area contributed by atoms with Crippen LogP contribution in [0.2, 0.25) is 5.02 Å². The maximum Gasteiger partial charge on any atom is 0.319 e. The van der Waals surface area contributed by atoms with E-state index in [0.29, 0.717) is 5.02 Å². The van der Waals surface area contributed by atoms with Crippen LogP contribution in [0.1, 0.15) is 24.0 Å². The summed E-state index contributed by atoms with van der Waals surface area (Å²) in [5, 5.41) is 6.70. The highest BCUT2D eigenvalue weighted by molar-refractivity contribution is 6.30. The van der Waals surface area contributed by atoms with Crippen molar-refractivity contribution in [2.45, 2.75) is 25.3 Å². The molecule has 1 aliphatic rings. The number of anilines is 1. The molecule has 3 nitrogen and oxygen atoms in total. The molecule has 0 aliphatic heterocycles. The molecule has 1 fully saturated rings. The Bertz CT molecular complexity index is 663. The monoisotopic (exact) mass is 300 g/mol. The van der Waals surface area contributed by atoms with Gasteiger partial charge in [0.1, 0.15) is 0 Å². The van der Waals surface area contributed by atoms with E-state index in [-0.39, 0.29) is 11.6 Å². The Labute approximate surface area is 129 Å². The fourth-order valence-electron chi connectivity index (χ4n) is 2.46. The molecule has 2 aromatic rings. The summed E-state index contributed by atoms with van der Waals surface area (Å²) in [4.78, 5) is 12.2. The molecule has 4 heteroatoms. The van der Waals surface area contributed by atoms with Crippen molar-refractivity contribution >= 4 is 23.3 Å². The molecule has 0 saturated heterocycles. The third-order valence-electron chi connectivity index (χ3n) is 3.89. The van der Waals surface area contributed by atoms with Gasteiger partial charge in [0.2, 0.25) is 0 Å². The molecule has 0 atom stereocenters. The van der Waals surface area contributed by atoms with Gasteiger partial charge in [-0.15, -0.1) is 0 Å². The summed E-state index contributed by atoms with van der Waals surface area (Å²) in [5.74, 6) is 0. The summed E-state index contributed by atoms with van der Waals surface area (Å²) < 4.78 is 0. The highest BCUT2D eigenvalue weighted by Gasteiger charge is 2.45. The number of urea groups is 1. The lowest BCUT2D eigenvalue weighted by Gasteiger charge is -2.19. The molecule has 2 amide bonds. The smallest absolute Gasteiger partial charge is 0.319 e. The quantitative estimate of drug-likeness (QED) is 0.863. The lowest BCUT2D eigenvalue weighted by molar-refractivity contribution is 0.247. The van der Waals surface area contributed by atoms with Crippen LogP contribution in [0.25, 0.3) is 0 Å². The number of hydrogen-bond acceptors (Lipinski definition) is 1. The van der Waals surface area contributed by atoms with Crippen LogP contribution < -0.4 is 10.6 Å². The molecular formula is C17H17ClN2O. The third-order valence-corrected chi connectivity index (χ3v) is 4.14. The summed E-state index contributed by atoms with van der Waals surface area (Å²) in [6.45, 7) is 1.97. The number of nitrogens with one attached hydrogen (secondary N) is 2. The molecule has 1 saturated carbocycles. The molecule has 21 heavy (non-hydrogen) atoms. The third kappa shape index (κ3) is 3.03. The molecule has 2 aromatic carbocycles. The van der Waals surface area contributed by atoms with E-state index in [2.05, 4.69) is 10.6 Å². The zero-order valence-corrected chi connectivity index (χ0v) is 12.6. The lowest BCUT2D eigenvalue weighted by Crippen LogP contribution is -2.38. The lowest BCUT2D eigenvalue weighted by atomic mass is 10.1. The van der Waals surface area contributed by atoms with Crippen molar-refractivity contribution in [3.8, 4) is 0 Å². The number of para-hydroxylation sites is 1. The van der Waals surface area contributed by atoms with Crippen LogP contribution in [0.4, 0.5) is 10.5 Å². The van der Waals surface area contributed by atoms with E-state index in [4.69, 9.17) is 11.6 Å². The summed E-state index contributed by atoms with van der Waals surface area (Å²) >= 11 is 5.91. The fraction of sp³-hybridized carbons (Fsp3) is 0.235. The molecule has 1 aliphatic carbocycles. The number of aryl methyl sites for hydroxylation is 1. The van der Waals surface area contributed by atoms with Gasteiger partial charge >= 0.3 is 6.03 Å². The number of hydrogen-bond donors (Lipinski definition) is 2. The van der Waals surface area contributed by atoms with E-state index >= 15 is 0 Å². The summed E-state index contributed by atoms with van der Waals surface area (Å²) in [7, 11) is 0. The van der Waals surface area contributed by atoms with Gasteiger partial charge in [-0.1, -0.05) is 41.9 Å². The Hall–Kier alpha value is -2.00. The van der Waals surface area contributed by atoms with Crippen LogP contribution in [0.3, 0.4) is 0 Å². The van der Waals surface area contributed by atoms with Crippen LogP contribution in [0.15, 0.2) is 48.5 Å².